The van der Waals surface area contributed by atoms with Crippen LogP contribution in [0.2, 0.25) is 0 Å². The summed E-state index contributed by atoms with van der Waals surface area (Å²) in [5.74, 6) is -1.65. The van der Waals surface area contributed by atoms with Crippen molar-refractivity contribution in [1.29, 1.82) is 0 Å². The first-order chi connectivity index (χ1) is 10.7. The predicted octanol–water partition coefficient (Wildman–Crippen LogP) is 1.81. The van der Waals surface area contributed by atoms with E-state index in [0.29, 0.717) is 6.42 Å². The molecule has 1 aliphatic rings. The molecule has 1 atom stereocenters. The number of amides is 2. The van der Waals surface area contributed by atoms with Crippen LogP contribution in [-0.4, -0.2) is 42.5 Å². The van der Waals surface area contributed by atoms with Gasteiger partial charge in [-0.15, -0.1) is 0 Å². The van der Waals surface area contributed by atoms with E-state index < -0.39 is 34.7 Å². The predicted molar refractivity (Wildman–Crippen MR) is 75.5 cm³/mol. The molecule has 0 aromatic heterocycles. The minimum atomic E-state index is -4.66. The zero-order valence-electron chi connectivity index (χ0n) is 12.5. The number of carbonyl (C=O) groups is 2. The lowest BCUT2D eigenvalue weighted by molar-refractivity contribution is -0.138. The number of nitrogens with zero attached hydrogens (tertiary/aromatic N) is 1. The van der Waals surface area contributed by atoms with E-state index >= 15 is 0 Å². The molecule has 2 rings (SSSR count). The van der Waals surface area contributed by atoms with Gasteiger partial charge in [0.1, 0.15) is 5.54 Å². The van der Waals surface area contributed by atoms with Crippen LogP contribution >= 0.6 is 0 Å². The summed E-state index contributed by atoms with van der Waals surface area (Å²) in [6.07, 6.45) is -3.94. The van der Waals surface area contributed by atoms with Gasteiger partial charge in [-0.05, 0) is 25.0 Å². The Morgan fingerprint density at radius 3 is 2.57 bits per heavy atom. The number of benzene rings is 1. The molecule has 0 spiro atoms. The molecule has 5 nitrogen and oxygen atoms in total. The molecule has 1 saturated heterocycles. The first-order valence-corrected chi connectivity index (χ1v) is 7.01. The van der Waals surface area contributed by atoms with Crippen LogP contribution in [0.1, 0.15) is 28.8 Å². The summed E-state index contributed by atoms with van der Waals surface area (Å²) in [7, 11) is 1.34. The van der Waals surface area contributed by atoms with Gasteiger partial charge < -0.3 is 15.4 Å². The molecule has 0 saturated carbocycles. The molecule has 2 N–H and O–H groups in total. The number of hydrogen-bond donors (Lipinski definition) is 1. The van der Waals surface area contributed by atoms with Gasteiger partial charge in [0.2, 0.25) is 5.91 Å². The van der Waals surface area contributed by atoms with E-state index in [4.69, 9.17) is 10.5 Å². The monoisotopic (exact) mass is 330 g/mol. The number of alkyl halides is 3. The van der Waals surface area contributed by atoms with Crippen molar-refractivity contribution in [1.82, 2.24) is 4.90 Å². The maximum absolute atomic E-state index is 13.1. The normalized spacial score (nSPS) is 21.5. The van der Waals surface area contributed by atoms with Crippen LogP contribution in [0.25, 0.3) is 0 Å². The zero-order valence-corrected chi connectivity index (χ0v) is 12.5. The Morgan fingerprint density at radius 1 is 1.35 bits per heavy atom. The fourth-order valence-electron chi connectivity index (χ4n) is 2.95. The average Bonchev–Trinajstić information content (AvgIpc) is 2.91. The van der Waals surface area contributed by atoms with Gasteiger partial charge in [-0.25, -0.2) is 0 Å². The number of hydrogen-bond acceptors (Lipinski definition) is 3. The lowest BCUT2D eigenvalue weighted by atomic mass is 9.95. The van der Waals surface area contributed by atoms with Gasteiger partial charge in [0.05, 0.1) is 17.7 Å². The fraction of sp³-hybridized carbons (Fsp3) is 0.467. The minimum absolute atomic E-state index is 0.150. The van der Waals surface area contributed by atoms with Gasteiger partial charge >= 0.3 is 6.18 Å². The molecule has 1 unspecified atom stereocenters. The molecular formula is C15H17F3N2O3. The van der Waals surface area contributed by atoms with Crippen molar-refractivity contribution in [3.8, 4) is 0 Å². The molecule has 0 aliphatic carbocycles. The second kappa shape index (κ2) is 6.19. The highest BCUT2D eigenvalue weighted by Gasteiger charge is 2.50. The highest BCUT2D eigenvalue weighted by atomic mass is 19.4. The van der Waals surface area contributed by atoms with E-state index in [9.17, 15) is 22.8 Å². The molecule has 0 bridgehead atoms. The van der Waals surface area contributed by atoms with E-state index in [1.165, 1.54) is 19.2 Å². The van der Waals surface area contributed by atoms with Crippen LogP contribution in [0.5, 0.6) is 0 Å². The number of primary amides is 1. The fourth-order valence-corrected chi connectivity index (χ4v) is 2.95. The Labute approximate surface area is 131 Å². The molecule has 126 valence electrons. The van der Waals surface area contributed by atoms with Gasteiger partial charge in [0, 0.05) is 13.7 Å². The third-order valence-electron chi connectivity index (χ3n) is 4.04. The van der Waals surface area contributed by atoms with E-state index in [1.807, 2.05) is 0 Å². The molecule has 1 fully saturated rings. The molecular weight excluding hydrogens is 313 g/mol. The second-order valence-electron chi connectivity index (χ2n) is 5.43. The van der Waals surface area contributed by atoms with Crippen molar-refractivity contribution in [2.24, 2.45) is 5.73 Å². The molecule has 23 heavy (non-hydrogen) atoms. The molecule has 8 heteroatoms. The first kappa shape index (κ1) is 17.3. The van der Waals surface area contributed by atoms with E-state index in [0.717, 1.165) is 17.0 Å². The van der Waals surface area contributed by atoms with Gasteiger partial charge in [-0.2, -0.15) is 13.2 Å². The number of halogens is 3. The highest BCUT2D eigenvalue weighted by molar-refractivity contribution is 6.00. The number of methoxy groups -OCH3 is 1. The molecule has 1 heterocycles. The Bertz CT molecular complexity index is 618. The van der Waals surface area contributed by atoms with Gasteiger partial charge in [0.25, 0.3) is 5.91 Å². The third-order valence-corrected chi connectivity index (χ3v) is 4.04. The maximum atomic E-state index is 13.1. The standard InChI is InChI=1S/C15H17F3N2O3/c1-23-9-14(13(19)22)7-4-8-20(14)12(21)10-5-2-3-6-11(10)15(16,17)18/h2-3,5-6H,4,7-9H2,1H3,(H2,19,22). The zero-order chi connectivity index (χ0) is 17.3. The Kier molecular flexibility index (Phi) is 4.65. The maximum Gasteiger partial charge on any atom is 0.417 e. The molecule has 0 radical (unpaired) electrons. The van der Waals surface area contributed by atoms with Crippen LogP contribution in [0, 0.1) is 0 Å². The van der Waals surface area contributed by atoms with Crippen LogP contribution in [-0.2, 0) is 15.7 Å². The average molecular weight is 330 g/mol. The summed E-state index contributed by atoms with van der Waals surface area (Å²) < 4.78 is 44.3. The van der Waals surface area contributed by atoms with E-state index in [1.54, 1.807) is 0 Å². The summed E-state index contributed by atoms with van der Waals surface area (Å²) in [5, 5.41) is 0. The lowest BCUT2D eigenvalue weighted by Crippen LogP contribution is -2.59. The number of ether oxygens (including phenoxy) is 1. The SMILES string of the molecule is COCC1(C(N)=O)CCCN1C(=O)c1ccccc1C(F)(F)F. The molecule has 1 aromatic rings. The number of nitrogens with two attached hydrogens (primary N) is 1. The van der Waals surface area contributed by atoms with Crippen LogP contribution < -0.4 is 5.73 Å². The summed E-state index contributed by atoms with van der Waals surface area (Å²) in [4.78, 5) is 25.6. The minimum Gasteiger partial charge on any atom is -0.382 e. The Hall–Kier alpha value is -2.09. The number of rotatable bonds is 4. The van der Waals surface area contributed by atoms with Gasteiger partial charge in [-0.3, -0.25) is 9.59 Å². The van der Waals surface area contributed by atoms with Crippen molar-refractivity contribution < 1.29 is 27.5 Å². The topological polar surface area (TPSA) is 72.6 Å². The summed E-state index contributed by atoms with van der Waals surface area (Å²) >= 11 is 0. The van der Waals surface area contributed by atoms with E-state index in [2.05, 4.69) is 0 Å². The number of likely N-dealkylation sites (tertiary alicyclic amines) is 1. The smallest absolute Gasteiger partial charge is 0.382 e. The Morgan fingerprint density at radius 2 is 2.00 bits per heavy atom. The van der Waals surface area contributed by atoms with Crippen LogP contribution in [0.4, 0.5) is 13.2 Å². The lowest BCUT2D eigenvalue weighted by Gasteiger charge is -2.35. The quantitative estimate of drug-likeness (QED) is 0.915. The van der Waals surface area contributed by atoms with Crippen molar-refractivity contribution in [2.75, 3.05) is 20.3 Å². The van der Waals surface area contributed by atoms with Crippen molar-refractivity contribution in [3.63, 3.8) is 0 Å². The van der Waals surface area contributed by atoms with E-state index in [-0.39, 0.29) is 19.6 Å². The first-order valence-electron chi connectivity index (χ1n) is 7.01. The second-order valence-corrected chi connectivity index (χ2v) is 5.43. The van der Waals surface area contributed by atoms with Crippen molar-refractivity contribution in [2.45, 2.75) is 24.6 Å². The van der Waals surface area contributed by atoms with Gasteiger partial charge in [0.15, 0.2) is 0 Å². The molecule has 1 aliphatic heterocycles. The molecule has 2 amide bonds. The summed E-state index contributed by atoms with van der Waals surface area (Å²) in [6, 6.07) is 4.49. The summed E-state index contributed by atoms with van der Waals surface area (Å²) in [5.41, 5.74) is 2.47. The van der Waals surface area contributed by atoms with Gasteiger partial charge in [-0.1, -0.05) is 12.1 Å². The van der Waals surface area contributed by atoms with Crippen molar-refractivity contribution >= 4 is 11.8 Å². The van der Waals surface area contributed by atoms with Crippen LogP contribution in [0.3, 0.4) is 0 Å². The highest BCUT2D eigenvalue weighted by Crippen LogP contribution is 2.36. The third kappa shape index (κ3) is 3.03. The summed E-state index contributed by atoms with van der Waals surface area (Å²) in [6.45, 7) is -0.000414. The largest absolute Gasteiger partial charge is 0.417 e. The Balaban J connectivity index is 2.46. The molecule has 1 aromatic carbocycles. The van der Waals surface area contributed by atoms with Crippen LogP contribution in [0.15, 0.2) is 24.3 Å². The van der Waals surface area contributed by atoms with Crippen molar-refractivity contribution in [3.05, 3.63) is 35.4 Å². The number of carbonyl (C=O) groups excluding carboxylic acids is 2.